The monoisotopic (exact) mass is 278 g/mol. The number of carbonyl (C=O) groups excluding carboxylic acids is 1. The molecule has 0 atom stereocenters. The van der Waals surface area contributed by atoms with Crippen LogP contribution in [-0.2, 0) is 0 Å². The zero-order valence-electron chi connectivity index (χ0n) is 10.7. The minimum Gasteiger partial charge on any atom is -0.395 e. The van der Waals surface area contributed by atoms with E-state index in [0.717, 1.165) is 5.69 Å². The predicted molar refractivity (Wildman–Crippen MR) is 76.5 cm³/mol. The minimum absolute atomic E-state index is 0.185. The summed E-state index contributed by atoms with van der Waals surface area (Å²) in [6.45, 7) is 3.95. The molecule has 1 heterocycles. The highest BCUT2D eigenvalue weighted by atomic mass is 35.5. The van der Waals surface area contributed by atoms with Crippen LogP contribution in [0.1, 0.15) is 35.9 Å². The van der Waals surface area contributed by atoms with Crippen LogP contribution in [0.25, 0.3) is 0 Å². The van der Waals surface area contributed by atoms with Gasteiger partial charge in [0.1, 0.15) is 0 Å². The molecule has 2 aromatic rings. The van der Waals surface area contributed by atoms with Gasteiger partial charge < -0.3 is 11.1 Å². The van der Waals surface area contributed by atoms with Crippen LogP contribution in [0, 0.1) is 0 Å². The molecule has 0 aliphatic rings. The van der Waals surface area contributed by atoms with Crippen molar-refractivity contribution < 1.29 is 4.79 Å². The van der Waals surface area contributed by atoms with Crippen molar-refractivity contribution in [2.24, 2.45) is 0 Å². The summed E-state index contributed by atoms with van der Waals surface area (Å²) in [5.74, 6) is -0.160. The number of aromatic nitrogens is 2. The van der Waals surface area contributed by atoms with Gasteiger partial charge in [0.2, 0.25) is 0 Å². The summed E-state index contributed by atoms with van der Waals surface area (Å²) in [6.07, 6.45) is 0. The van der Waals surface area contributed by atoms with E-state index in [4.69, 9.17) is 17.3 Å². The number of hydrogen-bond acceptors (Lipinski definition) is 3. The van der Waals surface area contributed by atoms with Crippen molar-refractivity contribution in [3.63, 3.8) is 0 Å². The number of hydrogen-bond donors (Lipinski definition) is 3. The second-order valence-electron chi connectivity index (χ2n) is 4.52. The Labute approximate surface area is 116 Å². The van der Waals surface area contributed by atoms with Crippen molar-refractivity contribution in [2.45, 2.75) is 19.8 Å². The maximum Gasteiger partial charge on any atom is 0.278 e. The highest BCUT2D eigenvalue weighted by Gasteiger charge is 2.18. The van der Waals surface area contributed by atoms with Crippen LogP contribution in [0.15, 0.2) is 24.3 Å². The van der Waals surface area contributed by atoms with Gasteiger partial charge in [-0.25, -0.2) is 0 Å². The van der Waals surface area contributed by atoms with Crippen LogP contribution in [0.5, 0.6) is 0 Å². The molecule has 19 heavy (non-hydrogen) atoms. The van der Waals surface area contributed by atoms with E-state index >= 15 is 0 Å². The van der Waals surface area contributed by atoms with E-state index in [1.165, 1.54) is 0 Å². The average Bonchev–Trinajstić information content (AvgIpc) is 2.74. The van der Waals surface area contributed by atoms with E-state index < -0.39 is 0 Å². The Bertz CT molecular complexity index is 589. The molecule has 0 aliphatic heterocycles. The quantitative estimate of drug-likeness (QED) is 0.807. The molecule has 1 aromatic carbocycles. The number of anilines is 2. The molecule has 0 aliphatic carbocycles. The molecule has 0 saturated carbocycles. The number of halogens is 1. The zero-order chi connectivity index (χ0) is 14.0. The topological polar surface area (TPSA) is 83.8 Å². The van der Waals surface area contributed by atoms with Gasteiger partial charge in [0.25, 0.3) is 5.91 Å². The number of nitrogen functional groups attached to an aromatic ring is 1. The number of nitrogens with zero attached hydrogens (tertiary/aromatic N) is 1. The van der Waals surface area contributed by atoms with E-state index in [9.17, 15) is 4.79 Å². The van der Waals surface area contributed by atoms with Crippen molar-refractivity contribution in [1.29, 1.82) is 0 Å². The lowest BCUT2D eigenvalue weighted by Crippen LogP contribution is -2.14. The molecule has 1 amide bonds. The Morgan fingerprint density at radius 1 is 1.37 bits per heavy atom. The molecule has 0 radical (unpaired) electrons. The molecular formula is C13H15ClN4O. The number of carbonyl (C=O) groups is 1. The number of rotatable bonds is 3. The first kappa shape index (κ1) is 13.4. The molecule has 4 N–H and O–H groups in total. The summed E-state index contributed by atoms with van der Waals surface area (Å²) in [7, 11) is 0. The number of benzene rings is 1. The first-order valence-electron chi connectivity index (χ1n) is 5.89. The smallest absolute Gasteiger partial charge is 0.278 e. The van der Waals surface area contributed by atoms with Gasteiger partial charge in [-0.3, -0.25) is 9.89 Å². The van der Waals surface area contributed by atoms with Crippen LogP contribution >= 0.6 is 11.6 Å². The third-order valence-corrected chi connectivity index (χ3v) is 2.98. The van der Waals surface area contributed by atoms with Gasteiger partial charge in [0, 0.05) is 10.7 Å². The van der Waals surface area contributed by atoms with Gasteiger partial charge in [-0.2, -0.15) is 5.10 Å². The lowest BCUT2D eigenvalue weighted by molar-refractivity contribution is 0.102. The van der Waals surface area contributed by atoms with Gasteiger partial charge in [-0.1, -0.05) is 25.4 Å². The van der Waals surface area contributed by atoms with Crippen LogP contribution < -0.4 is 11.1 Å². The summed E-state index contributed by atoms with van der Waals surface area (Å²) in [5, 5.41) is 10.1. The Kier molecular flexibility index (Phi) is 3.76. The third kappa shape index (κ3) is 2.88. The molecule has 0 saturated heterocycles. The number of nitrogens with one attached hydrogen (secondary N) is 2. The maximum atomic E-state index is 12.0. The standard InChI is InChI=1S/C13H15ClN4O/c1-7(2)11-10(15)12(18-17-11)13(19)16-9-5-3-8(14)4-6-9/h3-7H,15H2,1-2H3,(H,16,19)(H,17,18). The first-order valence-corrected chi connectivity index (χ1v) is 6.27. The van der Waals surface area contributed by atoms with Gasteiger partial charge in [0.05, 0.1) is 11.4 Å². The van der Waals surface area contributed by atoms with Gasteiger partial charge in [-0.05, 0) is 30.2 Å². The molecule has 100 valence electrons. The van der Waals surface area contributed by atoms with Crippen molar-refractivity contribution >= 4 is 28.9 Å². The van der Waals surface area contributed by atoms with Gasteiger partial charge in [-0.15, -0.1) is 0 Å². The molecule has 0 bridgehead atoms. The van der Waals surface area contributed by atoms with Crippen molar-refractivity contribution in [2.75, 3.05) is 11.1 Å². The van der Waals surface area contributed by atoms with E-state index in [0.29, 0.717) is 16.4 Å². The molecule has 2 rings (SSSR count). The minimum atomic E-state index is -0.344. The van der Waals surface area contributed by atoms with Gasteiger partial charge in [0.15, 0.2) is 5.69 Å². The molecule has 0 unspecified atom stereocenters. The first-order chi connectivity index (χ1) is 8.99. The fourth-order valence-corrected chi connectivity index (χ4v) is 1.83. The summed E-state index contributed by atoms with van der Waals surface area (Å²) >= 11 is 5.78. The summed E-state index contributed by atoms with van der Waals surface area (Å²) in [6, 6.07) is 6.83. The fraction of sp³-hybridized carbons (Fsp3) is 0.231. The molecule has 6 heteroatoms. The lowest BCUT2D eigenvalue weighted by atomic mass is 10.1. The average molecular weight is 279 g/mol. The predicted octanol–water partition coefficient (Wildman–Crippen LogP) is 3.02. The Hall–Kier alpha value is -2.01. The van der Waals surface area contributed by atoms with Crippen molar-refractivity contribution in [1.82, 2.24) is 10.2 Å². The molecule has 0 spiro atoms. The summed E-state index contributed by atoms with van der Waals surface area (Å²) in [4.78, 5) is 12.0. The number of amides is 1. The Morgan fingerprint density at radius 3 is 2.53 bits per heavy atom. The van der Waals surface area contributed by atoms with Crippen LogP contribution in [0.2, 0.25) is 5.02 Å². The summed E-state index contributed by atoms with van der Waals surface area (Å²) in [5.41, 5.74) is 7.91. The molecule has 5 nitrogen and oxygen atoms in total. The van der Waals surface area contributed by atoms with Crippen molar-refractivity contribution in [3.8, 4) is 0 Å². The van der Waals surface area contributed by atoms with E-state index in [-0.39, 0.29) is 17.5 Å². The number of nitrogens with two attached hydrogens (primary N) is 1. The largest absolute Gasteiger partial charge is 0.395 e. The zero-order valence-corrected chi connectivity index (χ0v) is 11.5. The SMILES string of the molecule is CC(C)c1[nH]nc(C(=O)Nc2ccc(Cl)cc2)c1N. The highest BCUT2D eigenvalue weighted by molar-refractivity contribution is 6.30. The summed E-state index contributed by atoms with van der Waals surface area (Å²) < 4.78 is 0. The number of aromatic amines is 1. The Morgan fingerprint density at radius 2 is 2.00 bits per heavy atom. The van der Waals surface area contributed by atoms with Crippen molar-refractivity contribution in [3.05, 3.63) is 40.7 Å². The lowest BCUT2D eigenvalue weighted by Gasteiger charge is -2.05. The van der Waals surface area contributed by atoms with E-state index in [1.54, 1.807) is 24.3 Å². The maximum absolute atomic E-state index is 12.0. The molecule has 1 aromatic heterocycles. The van der Waals surface area contributed by atoms with E-state index in [1.807, 2.05) is 13.8 Å². The van der Waals surface area contributed by atoms with Crippen LogP contribution in [-0.4, -0.2) is 16.1 Å². The molecular weight excluding hydrogens is 264 g/mol. The van der Waals surface area contributed by atoms with E-state index in [2.05, 4.69) is 15.5 Å². The fourth-order valence-electron chi connectivity index (χ4n) is 1.70. The van der Waals surface area contributed by atoms with Crippen LogP contribution in [0.3, 0.4) is 0 Å². The second-order valence-corrected chi connectivity index (χ2v) is 4.95. The third-order valence-electron chi connectivity index (χ3n) is 2.73. The molecule has 0 fully saturated rings. The van der Waals surface area contributed by atoms with Crippen LogP contribution in [0.4, 0.5) is 11.4 Å². The Balaban J connectivity index is 2.18. The normalized spacial score (nSPS) is 10.7. The number of H-pyrrole nitrogens is 1. The second kappa shape index (κ2) is 5.32. The highest BCUT2D eigenvalue weighted by Crippen LogP contribution is 2.23. The van der Waals surface area contributed by atoms with Gasteiger partial charge >= 0.3 is 0 Å².